The number of hydrogen-bond acceptors (Lipinski definition) is 2. The van der Waals surface area contributed by atoms with Crippen LogP contribution in [0.1, 0.15) is 30.5 Å². The fraction of sp³-hybridized carbons (Fsp3) is 0.318. The average Bonchev–Trinajstić information content (AvgIpc) is 2.70. The maximum Gasteiger partial charge on any atom is 0.244 e. The Labute approximate surface area is 156 Å². The third-order valence-corrected chi connectivity index (χ3v) is 4.49. The molecular weight excluding hydrogens is 324 g/mol. The summed E-state index contributed by atoms with van der Waals surface area (Å²) < 4.78 is 5.12. The summed E-state index contributed by atoms with van der Waals surface area (Å²) in [6.07, 6.45) is 3.35. The van der Waals surface area contributed by atoms with Crippen LogP contribution >= 0.6 is 0 Å². The third kappa shape index (κ3) is 6.37. The van der Waals surface area contributed by atoms with Crippen molar-refractivity contribution in [1.82, 2.24) is 5.32 Å². The summed E-state index contributed by atoms with van der Waals surface area (Å²) >= 11 is 0. The van der Waals surface area contributed by atoms with Crippen LogP contribution in [0.5, 0.6) is 5.75 Å². The Morgan fingerprint density at radius 1 is 1.00 bits per heavy atom. The van der Waals surface area contributed by atoms with E-state index in [2.05, 4.69) is 43.4 Å². The Balaban J connectivity index is 1.81. The molecule has 0 saturated heterocycles. The molecule has 0 aliphatic rings. The quantitative estimate of drug-likeness (QED) is 0.680. The van der Waals surface area contributed by atoms with Gasteiger partial charge in [0.25, 0.3) is 0 Å². The van der Waals surface area contributed by atoms with E-state index < -0.39 is 0 Å². The van der Waals surface area contributed by atoms with E-state index in [1.165, 1.54) is 5.56 Å². The Kier molecular flexibility index (Phi) is 7.90. The predicted octanol–water partition coefficient (Wildman–Crippen LogP) is 2.45. The topological polar surface area (TPSA) is 42.8 Å². The maximum atomic E-state index is 12.0. The Hall–Kier alpha value is -2.59. The minimum absolute atomic E-state index is 0.0996. The molecule has 0 aromatic heterocycles. The lowest BCUT2D eigenvalue weighted by Gasteiger charge is -2.15. The van der Waals surface area contributed by atoms with Gasteiger partial charge in [-0.2, -0.15) is 0 Å². The molecule has 0 bridgehead atoms. The lowest BCUT2D eigenvalue weighted by molar-refractivity contribution is -0.910. The van der Waals surface area contributed by atoms with Gasteiger partial charge in [-0.1, -0.05) is 36.4 Å². The van der Waals surface area contributed by atoms with Gasteiger partial charge >= 0.3 is 0 Å². The summed E-state index contributed by atoms with van der Waals surface area (Å²) in [7, 11) is 1.63. The fourth-order valence-corrected chi connectivity index (χ4v) is 2.70. The van der Waals surface area contributed by atoms with Crippen LogP contribution in [0.2, 0.25) is 0 Å². The normalized spacial score (nSPS) is 11.1. The van der Waals surface area contributed by atoms with E-state index in [0.717, 1.165) is 36.5 Å². The number of hydrogen-bond donors (Lipinski definition) is 2. The molecule has 2 rings (SSSR count). The first-order valence-corrected chi connectivity index (χ1v) is 9.16. The van der Waals surface area contributed by atoms with Crippen LogP contribution in [-0.2, 0) is 17.9 Å². The van der Waals surface area contributed by atoms with Crippen molar-refractivity contribution in [2.24, 2.45) is 0 Å². The minimum atomic E-state index is -0.0996. The van der Waals surface area contributed by atoms with E-state index in [0.29, 0.717) is 6.54 Å². The molecule has 0 aliphatic carbocycles. The smallest absolute Gasteiger partial charge is 0.244 e. The zero-order valence-corrected chi connectivity index (χ0v) is 15.9. The highest BCUT2D eigenvalue weighted by molar-refractivity contribution is 5.91. The number of rotatable bonds is 9. The number of quaternary nitrogens is 1. The van der Waals surface area contributed by atoms with Crippen molar-refractivity contribution in [3.63, 3.8) is 0 Å². The Morgan fingerprint density at radius 2 is 1.62 bits per heavy atom. The second kappa shape index (κ2) is 10.4. The van der Waals surface area contributed by atoms with Crippen LogP contribution in [0.25, 0.3) is 6.08 Å². The zero-order valence-electron chi connectivity index (χ0n) is 15.9. The number of amides is 1. The van der Waals surface area contributed by atoms with Crippen molar-refractivity contribution in [2.75, 3.05) is 20.2 Å². The largest absolute Gasteiger partial charge is 0.497 e. The Bertz CT molecular complexity index is 702. The van der Waals surface area contributed by atoms with Crippen LogP contribution in [0.4, 0.5) is 0 Å². The van der Waals surface area contributed by atoms with Gasteiger partial charge in [0, 0.05) is 18.2 Å². The van der Waals surface area contributed by atoms with Crippen LogP contribution < -0.4 is 15.0 Å². The van der Waals surface area contributed by atoms with E-state index in [-0.39, 0.29) is 5.91 Å². The lowest BCUT2D eigenvalue weighted by Crippen LogP contribution is -3.10. The molecule has 1 amide bonds. The van der Waals surface area contributed by atoms with Gasteiger partial charge in [0.1, 0.15) is 12.3 Å². The molecule has 138 valence electrons. The van der Waals surface area contributed by atoms with Crippen molar-refractivity contribution in [2.45, 2.75) is 26.9 Å². The van der Waals surface area contributed by atoms with Gasteiger partial charge in [0.05, 0.1) is 20.2 Å². The molecule has 2 N–H and O–H groups in total. The molecule has 0 aliphatic heterocycles. The van der Waals surface area contributed by atoms with Gasteiger partial charge in [-0.25, -0.2) is 0 Å². The van der Waals surface area contributed by atoms with Crippen LogP contribution in [0.15, 0.2) is 54.6 Å². The molecule has 0 spiro atoms. The molecule has 26 heavy (non-hydrogen) atoms. The highest BCUT2D eigenvalue weighted by atomic mass is 16.5. The molecule has 2 aromatic carbocycles. The molecule has 2 aromatic rings. The summed E-state index contributed by atoms with van der Waals surface area (Å²) in [6, 6.07) is 16.1. The molecule has 0 fully saturated rings. The number of carbonyl (C=O) groups is 1. The lowest BCUT2D eigenvalue weighted by atomic mass is 10.1. The predicted molar refractivity (Wildman–Crippen MR) is 106 cm³/mol. The fourth-order valence-electron chi connectivity index (χ4n) is 2.70. The number of methoxy groups -OCH3 is 1. The van der Waals surface area contributed by atoms with Gasteiger partial charge < -0.3 is 15.0 Å². The van der Waals surface area contributed by atoms with Gasteiger partial charge in [-0.3, -0.25) is 4.79 Å². The number of ether oxygens (including phenoxy) is 1. The number of benzene rings is 2. The molecule has 0 atom stereocenters. The highest BCUT2D eigenvalue weighted by Crippen LogP contribution is 2.12. The van der Waals surface area contributed by atoms with Crippen molar-refractivity contribution in [3.8, 4) is 5.75 Å². The van der Waals surface area contributed by atoms with Crippen LogP contribution in [-0.4, -0.2) is 26.1 Å². The molecule has 4 nitrogen and oxygen atoms in total. The Morgan fingerprint density at radius 3 is 2.19 bits per heavy atom. The van der Waals surface area contributed by atoms with Crippen molar-refractivity contribution >= 4 is 12.0 Å². The van der Waals surface area contributed by atoms with E-state index in [1.54, 1.807) is 24.2 Å². The van der Waals surface area contributed by atoms with Crippen molar-refractivity contribution in [1.29, 1.82) is 0 Å². The number of carbonyl (C=O) groups excluding carboxylic acids is 1. The third-order valence-electron chi connectivity index (χ3n) is 4.49. The second-order valence-corrected chi connectivity index (χ2v) is 6.27. The van der Waals surface area contributed by atoms with Crippen LogP contribution in [0.3, 0.4) is 0 Å². The van der Waals surface area contributed by atoms with Gasteiger partial charge in [-0.15, -0.1) is 0 Å². The van der Waals surface area contributed by atoms with E-state index >= 15 is 0 Å². The van der Waals surface area contributed by atoms with Crippen LogP contribution in [0, 0.1) is 0 Å². The standard InChI is InChI=1S/C22H28N2O2/c1-4-24(5-2)17-20-8-6-19(7-9-20)16-23-22(25)15-12-18-10-13-21(26-3)14-11-18/h6-15H,4-5,16-17H2,1-3H3,(H,23,25)/p+1/b15-12+. The molecule has 4 heteroatoms. The number of nitrogens with one attached hydrogen (secondary N) is 2. The van der Waals surface area contributed by atoms with E-state index in [4.69, 9.17) is 4.74 Å². The second-order valence-electron chi connectivity index (χ2n) is 6.27. The summed E-state index contributed by atoms with van der Waals surface area (Å²) in [4.78, 5) is 13.5. The van der Waals surface area contributed by atoms with Gasteiger partial charge in [0.2, 0.25) is 5.91 Å². The summed E-state index contributed by atoms with van der Waals surface area (Å²) in [6.45, 7) is 8.27. The SMILES string of the molecule is CC[NH+](CC)Cc1ccc(CNC(=O)/C=C/c2ccc(OC)cc2)cc1. The average molecular weight is 353 g/mol. The first kappa shape index (κ1) is 19.7. The first-order chi connectivity index (χ1) is 12.6. The first-order valence-electron chi connectivity index (χ1n) is 9.16. The maximum absolute atomic E-state index is 12.0. The van der Waals surface area contributed by atoms with E-state index in [9.17, 15) is 4.79 Å². The summed E-state index contributed by atoms with van der Waals surface area (Å²) in [5.41, 5.74) is 3.40. The molecule has 0 radical (unpaired) electrons. The molecule has 0 saturated carbocycles. The molecular formula is C22H29N2O2+. The van der Waals surface area contributed by atoms with Gasteiger partial charge in [0.15, 0.2) is 0 Å². The molecule has 0 heterocycles. The highest BCUT2D eigenvalue weighted by Gasteiger charge is 2.04. The summed E-state index contributed by atoms with van der Waals surface area (Å²) in [5.74, 6) is 0.704. The van der Waals surface area contributed by atoms with E-state index in [1.807, 2.05) is 24.3 Å². The monoisotopic (exact) mass is 353 g/mol. The summed E-state index contributed by atoms with van der Waals surface area (Å²) in [5, 5.41) is 2.92. The molecule has 0 unspecified atom stereocenters. The van der Waals surface area contributed by atoms with Gasteiger partial charge in [-0.05, 0) is 43.2 Å². The van der Waals surface area contributed by atoms with Crippen molar-refractivity contribution < 1.29 is 14.4 Å². The zero-order chi connectivity index (χ0) is 18.8. The van der Waals surface area contributed by atoms with Crippen molar-refractivity contribution in [3.05, 3.63) is 71.3 Å². The minimum Gasteiger partial charge on any atom is -0.497 e.